The van der Waals surface area contributed by atoms with E-state index in [4.69, 9.17) is 0 Å². The van der Waals surface area contributed by atoms with Gasteiger partial charge in [-0.15, -0.1) is 11.3 Å². The first-order valence-electron chi connectivity index (χ1n) is 5.73. The number of halogens is 1. The Morgan fingerprint density at radius 3 is 2.87 bits per heavy atom. The molecule has 3 heteroatoms. The third-order valence-corrected chi connectivity index (χ3v) is 4.90. The number of rotatable bonds is 3. The highest BCUT2D eigenvalue weighted by Gasteiger charge is 2.20. The number of hydrogen-bond acceptors (Lipinski definition) is 2. The Kier molecular flexibility index (Phi) is 4.23. The Bertz CT molecular complexity index is 310. The van der Waals surface area contributed by atoms with Crippen molar-refractivity contribution in [1.29, 1.82) is 0 Å². The summed E-state index contributed by atoms with van der Waals surface area (Å²) in [5.41, 5.74) is 0. The van der Waals surface area contributed by atoms with Crippen LogP contribution in [0, 0.1) is 5.92 Å². The van der Waals surface area contributed by atoms with Crippen LogP contribution < -0.4 is 5.32 Å². The molecule has 2 rings (SSSR count). The third-order valence-electron chi connectivity index (χ3n) is 3.28. The van der Waals surface area contributed by atoms with Gasteiger partial charge in [0.1, 0.15) is 0 Å². The van der Waals surface area contributed by atoms with Crippen molar-refractivity contribution in [2.24, 2.45) is 5.92 Å². The molecule has 0 aromatic carbocycles. The van der Waals surface area contributed by atoms with Gasteiger partial charge in [-0.3, -0.25) is 0 Å². The van der Waals surface area contributed by atoms with Crippen molar-refractivity contribution in [3.8, 4) is 0 Å². The van der Waals surface area contributed by atoms with Crippen LogP contribution in [0.4, 0.5) is 0 Å². The molecule has 1 saturated carbocycles. The van der Waals surface area contributed by atoms with Gasteiger partial charge in [-0.05, 0) is 46.8 Å². The monoisotopic (exact) mass is 287 g/mol. The van der Waals surface area contributed by atoms with E-state index in [1.807, 2.05) is 11.3 Å². The Balaban J connectivity index is 1.81. The van der Waals surface area contributed by atoms with Crippen LogP contribution >= 0.6 is 27.3 Å². The molecular formula is C12H18BrNS. The van der Waals surface area contributed by atoms with E-state index in [0.29, 0.717) is 0 Å². The van der Waals surface area contributed by atoms with Gasteiger partial charge in [-0.2, -0.15) is 0 Å². The van der Waals surface area contributed by atoms with E-state index >= 15 is 0 Å². The second kappa shape index (κ2) is 5.46. The number of hydrogen-bond donors (Lipinski definition) is 1. The molecule has 2 atom stereocenters. The number of thiophene rings is 1. The minimum atomic E-state index is 0.736. The van der Waals surface area contributed by atoms with E-state index in [2.05, 4.69) is 40.3 Å². The first-order chi connectivity index (χ1) is 7.25. The molecule has 0 amide bonds. The summed E-state index contributed by atoms with van der Waals surface area (Å²) in [6.07, 6.45) is 5.57. The molecule has 0 radical (unpaired) electrons. The molecule has 0 spiro atoms. The minimum absolute atomic E-state index is 0.736. The first-order valence-corrected chi connectivity index (χ1v) is 7.34. The van der Waals surface area contributed by atoms with Crippen LogP contribution in [0.5, 0.6) is 0 Å². The summed E-state index contributed by atoms with van der Waals surface area (Å²) in [4.78, 5) is 1.43. The van der Waals surface area contributed by atoms with Gasteiger partial charge in [0.15, 0.2) is 0 Å². The van der Waals surface area contributed by atoms with E-state index < -0.39 is 0 Å². The van der Waals surface area contributed by atoms with Gasteiger partial charge in [-0.1, -0.05) is 19.8 Å². The van der Waals surface area contributed by atoms with Crippen LogP contribution in [0.2, 0.25) is 0 Å². The molecule has 1 aliphatic carbocycles. The summed E-state index contributed by atoms with van der Waals surface area (Å²) in [6, 6.07) is 5.07. The standard InChI is InChI=1S/C12H18BrNS/c1-9-4-2-3-5-11(9)14-8-10-6-7-12(13)15-10/h6-7,9,11,14H,2-5,8H2,1H3/t9-,11-/m0/s1. The summed E-state index contributed by atoms with van der Waals surface area (Å²) in [6.45, 7) is 3.41. The van der Waals surface area contributed by atoms with Gasteiger partial charge in [0.2, 0.25) is 0 Å². The van der Waals surface area contributed by atoms with Gasteiger partial charge >= 0.3 is 0 Å². The quantitative estimate of drug-likeness (QED) is 0.880. The highest BCUT2D eigenvalue weighted by atomic mass is 79.9. The molecule has 1 aliphatic rings. The smallest absolute Gasteiger partial charge is 0.0701 e. The highest BCUT2D eigenvalue weighted by molar-refractivity contribution is 9.11. The van der Waals surface area contributed by atoms with Crippen molar-refractivity contribution in [2.75, 3.05) is 0 Å². The lowest BCUT2D eigenvalue weighted by Gasteiger charge is -2.29. The van der Waals surface area contributed by atoms with E-state index in [1.54, 1.807) is 0 Å². The Morgan fingerprint density at radius 2 is 2.20 bits per heavy atom. The molecule has 15 heavy (non-hydrogen) atoms. The fourth-order valence-electron chi connectivity index (χ4n) is 2.30. The molecule has 0 bridgehead atoms. The average molecular weight is 288 g/mol. The molecule has 84 valence electrons. The van der Waals surface area contributed by atoms with Crippen LogP contribution in [0.1, 0.15) is 37.5 Å². The normalized spacial score (nSPS) is 26.8. The maximum absolute atomic E-state index is 3.69. The zero-order valence-corrected chi connectivity index (χ0v) is 11.5. The van der Waals surface area contributed by atoms with Gasteiger partial charge in [0.25, 0.3) is 0 Å². The topological polar surface area (TPSA) is 12.0 Å². The molecule has 1 aromatic rings. The van der Waals surface area contributed by atoms with Crippen molar-refractivity contribution >= 4 is 27.3 Å². The molecule has 0 aliphatic heterocycles. The average Bonchev–Trinajstić information content (AvgIpc) is 2.63. The summed E-state index contributed by atoms with van der Waals surface area (Å²) < 4.78 is 1.23. The molecule has 1 N–H and O–H groups in total. The van der Waals surface area contributed by atoms with E-state index in [0.717, 1.165) is 18.5 Å². The SMILES string of the molecule is C[C@H]1CCCC[C@@H]1NCc1ccc(Br)s1. The Hall–Kier alpha value is 0.140. The summed E-state index contributed by atoms with van der Waals surface area (Å²) in [5, 5.41) is 3.69. The summed E-state index contributed by atoms with van der Waals surface area (Å²) >= 11 is 5.33. The van der Waals surface area contributed by atoms with Crippen molar-refractivity contribution in [3.05, 3.63) is 20.8 Å². The zero-order chi connectivity index (χ0) is 10.7. The zero-order valence-electron chi connectivity index (χ0n) is 9.13. The minimum Gasteiger partial charge on any atom is -0.309 e. The van der Waals surface area contributed by atoms with Crippen LogP contribution in [0.25, 0.3) is 0 Å². The second-order valence-electron chi connectivity index (χ2n) is 4.45. The first kappa shape index (κ1) is 11.6. The van der Waals surface area contributed by atoms with Crippen molar-refractivity contribution in [1.82, 2.24) is 5.32 Å². The van der Waals surface area contributed by atoms with Crippen LogP contribution in [-0.2, 0) is 6.54 Å². The second-order valence-corrected chi connectivity index (χ2v) is 7.00. The van der Waals surface area contributed by atoms with Crippen molar-refractivity contribution in [2.45, 2.75) is 45.2 Å². The van der Waals surface area contributed by atoms with Crippen LogP contribution in [0.15, 0.2) is 15.9 Å². The molecule has 1 aromatic heterocycles. The molecule has 1 nitrogen and oxygen atoms in total. The number of nitrogens with one attached hydrogen (secondary N) is 1. The van der Waals surface area contributed by atoms with Crippen molar-refractivity contribution < 1.29 is 0 Å². The predicted octanol–water partition coefficient (Wildman–Crippen LogP) is 4.18. The largest absolute Gasteiger partial charge is 0.309 e. The summed E-state index contributed by atoms with van der Waals surface area (Å²) in [7, 11) is 0. The van der Waals surface area contributed by atoms with E-state index in [1.165, 1.54) is 34.3 Å². The fraction of sp³-hybridized carbons (Fsp3) is 0.667. The lowest BCUT2D eigenvalue weighted by atomic mass is 9.86. The van der Waals surface area contributed by atoms with Gasteiger partial charge in [-0.25, -0.2) is 0 Å². The highest BCUT2D eigenvalue weighted by Crippen LogP contribution is 2.25. The Labute approximate surface area is 104 Å². The van der Waals surface area contributed by atoms with Crippen LogP contribution in [0.3, 0.4) is 0 Å². The van der Waals surface area contributed by atoms with Gasteiger partial charge in [0.05, 0.1) is 3.79 Å². The Morgan fingerprint density at radius 1 is 1.40 bits per heavy atom. The third kappa shape index (κ3) is 3.30. The van der Waals surface area contributed by atoms with E-state index in [9.17, 15) is 0 Å². The maximum Gasteiger partial charge on any atom is 0.0701 e. The molecular weight excluding hydrogens is 270 g/mol. The predicted molar refractivity (Wildman–Crippen MR) is 70.3 cm³/mol. The summed E-state index contributed by atoms with van der Waals surface area (Å²) in [5.74, 6) is 0.849. The molecule has 1 fully saturated rings. The molecule has 0 unspecified atom stereocenters. The lowest BCUT2D eigenvalue weighted by molar-refractivity contribution is 0.280. The lowest BCUT2D eigenvalue weighted by Crippen LogP contribution is -2.36. The van der Waals surface area contributed by atoms with Gasteiger partial charge in [0, 0.05) is 17.5 Å². The van der Waals surface area contributed by atoms with Crippen LogP contribution in [-0.4, -0.2) is 6.04 Å². The fourth-order valence-corrected chi connectivity index (χ4v) is 3.73. The maximum atomic E-state index is 3.69. The van der Waals surface area contributed by atoms with Gasteiger partial charge < -0.3 is 5.32 Å². The molecule has 1 heterocycles. The molecule has 0 saturated heterocycles. The van der Waals surface area contributed by atoms with Crippen molar-refractivity contribution in [3.63, 3.8) is 0 Å². The van der Waals surface area contributed by atoms with E-state index in [-0.39, 0.29) is 0 Å².